The maximum Gasteiger partial charge on any atom is 0.337 e. The van der Waals surface area contributed by atoms with E-state index < -0.39 is 16.0 Å². The molecule has 19 heavy (non-hydrogen) atoms. The minimum atomic E-state index is -3.53. The van der Waals surface area contributed by atoms with Crippen molar-refractivity contribution in [2.45, 2.75) is 5.75 Å². The van der Waals surface area contributed by atoms with Crippen LogP contribution in [0.15, 0.2) is 35.9 Å². The molecule has 0 heterocycles. The molecule has 0 fully saturated rings. The number of ether oxygens (including phenoxy) is 1. The van der Waals surface area contributed by atoms with Crippen LogP contribution in [0.5, 0.6) is 0 Å². The number of carbonyl (C=O) groups is 1. The van der Waals surface area contributed by atoms with Gasteiger partial charge in [0.1, 0.15) is 0 Å². The molecule has 0 bridgehead atoms. The molecular weight excluding hydrogens is 290 g/mol. The van der Waals surface area contributed by atoms with E-state index in [9.17, 15) is 13.2 Å². The standard InChI is InChI=1S/C12H14ClNO4S/c1-9(13)7-14-19(16,17)8-10-4-3-5-11(6-10)12(15)18-2/h3-6,14H,1,7-8H2,2H3. The van der Waals surface area contributed by atoms with Crippen LogP contribution in [0.3, 0.4) is 0 Å². The van der Waals surface area contributed by atoms with Crippen LogP contribution >= 0.6 is 11.6 Å². The number of halogens is 1. The molecule has 0 radical (unpaired) electrons. The Morgan fingerprint density at radius 1 is 1.47 bits per heavy atom. The van der Waals surface area contributed by atoms with Gasteiger partial charge in [0.05, 0.1) is 18.4 Å². The van der Waals surface area contributed by atoms with Crippen LogP contribution in [0.4, 0.5) is 0 Å². The van der Waals surface area contributed by atoms with Gasteiger partial charge in [-0.25, -0.2) is 17.9 Å². The lowest BCUT2D eigenvalue weighted by molar-refractivity contribution is 0.0600. The summed E-state index contributed by atoms with van der Waals surface area (Å²) >= 11 is 5.49. The Labute approximate surface area is 117 Å². The fraction of sp³-hybridized carbons (Fsp3) is 0.250. The molecule has 0 unspecified atom stereocenters. The normalized spacial score (nSPS) is 11.1. The smallest absolute Gasteiger partial charge is 0.337 e. The topological polar surface area (TPSA) is 72.5 Å². The zero-order chi connectivity index (χ0) is 14.5. The second-order valence-electron chi connectivity index (χ2n) is 3.79. The Balaban J connectivity index is 2.82. The van der Waals surface area contributed by atoms with Gasteiger partial charge < -0.3 is 4.74 Å². The SMILES string of the molecule is C=C(Cl)CNS(=O)(=O)Cc1cccc(C(=O)OC)c1. The lowest BCUT2D eigenvalue weighted by Gasteiger charge is -2.07. The summed E-state index contributed by atoms with van der Waals surface area (Å²) in [6, 6.07) is 6.23. The van der Waals surface area contributed by atoms with Crippen LogP contribution in [0, 0.1) is 0 Å². The maximum atomic E-state index is 11.7. The Morgan fingerprint density at radius 2 is 2.16 bits per heavy atom. The van der Waals surface area contributed by atoms with E-state index >= 15 is 0 Å². The van der Waals surface area contributed by atoms with Gasteiger partial charge >= 0.3 is 5.97 Å². The van der Waals surface area contributed by atoms with Crippen LogP contribution < -0.4 is 4.72 Å². The van der Waals surface area contributed by atoms with Crippen molar-refractivity contribution in [2.75, 3.05) is 13.7 Å². The van der Waals surface area contributed by atoms with Crippen molar-refractivity contribution in [3.63, 3.8) is 0 Å². The maximum absolute atomic E-state index is 11.7. The van der Waals surface area contributed by atoms with Crippen LogP contribution in [-0.2, 0) is 20.5 Å². The van der Waals surface area contributed by atoms with Crippen molar-refractivity contribution in [3.8, 4) is 0 Å². The summed E-state index contributed by atoms with van der Waals surface area (Å²) in [4.78, 5) is 11.3. The summed E-state index contributed by atoms with van der Waals surface area (Å²) in [6.07, 6.45) is 0. The minimum absolute atomic E-state index is 0.0272. The predicted molar refractivity (Wildman–Crippen MR) is 73.4 cm³/mol. The number of hydrogen-bond acceptors (Lipinski definition) is 4. The molecule has 0 atom stereocenters. The second-order valence-corrected chi connectivity index (χ2v) is 6.13. The van der Waals surface area contributed by atoms with Gasteiger partial charge in [-0.2, -0.15) is 0 Å². The molecule has 0 aromatic heterocycles. The first-order valence-corrected chi connectivity index (χ1v) is 7.35. The lowest BCUT2D eigenvalue weighted by Crippen LogP contribution is -2.26. The van der Waals surface area contributed by atoms with Crippen molar-refractivity contribution in [1.82, 2.24) is 4.72 Å². The Kier molecular flexibility index (Phi) is 5.53. The van der Waals surface area contributed by atoms with Crippen molar-refractivity contribution in [1.29, 1.82) is 0 Å². The average molecular weight is 304 g/mol. The summed E-state index contributed by atoms with van der Waals surface area (Å²) in [5.41, 5.74) is 0.785. The molecule has 0 saturated carbocycles. The summed E-state index contributed by atoms with van der Waals surface area (Å²) in [7, 11) is -2.26. The Morgan fingerprint density at radius 3 is 2.74 bits per heavy atom. The van der Waals surface area contributed by atoms with E-state index in [4.69, 9.17) is 11.6 Å². The molecule has 5 nitrogen and oxygen atoms in total. The molecule has 0 aliphatic rings. The highest BCUT2D eigenvalue weighted by atomic mass is 35.5. The number of esters is 1. The summed E-state index contributed by atoms with van der Waals surface area (Å²) in [5.74, 6) is -0.761. The third kappa shape index (κ3) is 5.42. The van der Waals surface area contributed by atoms with Crippen molar-refractivity contribution >= 4 is 27.6 Å². The Hall–Kier alpha value is -1.37. The second kappa shape index (κ2) is 6.70. The number of hydrogen-bond donors (Lipinski definition) is 1. The van der Waals surface area contributed by atoms with E-state index in [0.29, 0.717) is 11.1 Å². The molecule has 0 aliphatic heterocycles. The van der Waals surface area contributed by atoms with Gasteiger partial charge in [-0.1, -0.05) is 30.3 Å². The molecule has 0 saturated heterocycles. The van der Waals surface area contributed by atoms with Crippen molar-refractivity contribution < 1.29 is 17.9 Å². The fourth-order valence-corrected chi connectivity index (χ4v) is 2.63. The molecule has 0 amide bonds. The number of nitrogens with one attached hydrogen (secondary N) is 1. The minimum Gasteiger partial charge on any atom is -0.465 e. The summed E-state index contributed by atoms with van der Waals surface area (Å²) in [5, 5.41) is 0.201. The van der Waals surface area contributed by atoms with E-state index in [1.807, 2.05) is 0 Å². The molecule has 1 aromatic carbocycles. The Bertz CT molecular complexity index is 583. The highest BCUT2D eigenvalue weighted by Crippen LogP contribution is 2.10. The van der Waals surface area contributed by atoms with Gasteiger partial charge in [-0.3, -0.25) is 0 Å². The van der Waals surface area contributed by atoms with Crippen molar-refractivity contribution in [2.24, 2.45) is 0 Å². The zero-order valence-electron chi connectivity index (χ0n) is 10.3. The highest BCUT2D eigenvalue weighted by Gasteiger charge is 2.13. The highest BCUT2D eigenvalue weighted by molar-refractivity contribution is 7.88. The van der Waals surface area contributed by atoms with Crippen molar-refractivity contribution in [3.05, 3.63) is 47.0 Å². The zero-order valence-corrected chi connectivity index (χ0v) is 11.9. The number of carbonyl (C=O) groups excluding carboxylic acids is 1. The fourth-order valence-electron chi connectivity index (χ4n) is 1.36. The summed E-state index contributed by atoms with van der Waals surface area (Å²) < 4.78 is 30.3. The van der Waals surface area contributed by atoms with E-state index in [2.05, 4.69) is 16.0 Å². The number of benzene rings is 1. The molecule has 0 aliphatic carbocycles. The van der Waals surface area contributed by atoms with E-state index in [-0.39, 0.29) is 17.3 Å². The molecule has 0 spiro atoms. The molecule has 1 aromatic rings. The van der Waals surface area contributed by atoms with Crippen LogP contribution in [0.1, 0.15) is 15.9 Å². The van der Waals surface area contributed by atoms with Gasteiger partial charge in [0.2, 0.25) is 10.0 Å². The van der Waals surface area contributed by atoms with Gasteiger partial charge in [-0.05, 0) is 17.7 Å². The number of methoxy groups -OCH3 is 1. The van der Waals surface area contributed by atoms with Gasteiger partial charge in [-0.15, -0.1) is 0 Å². The third-order valence-corrected chi connectivity index (χ3v) is 3.62. The number of rotatable bonds is 6. The van der Waals surface area contributed by atoms with E-state index in [1.165, 1.54) is 13.2 Å². The number of sulfonamides is 1. The monoisotopic (exact) mass is 303 g/mol. The first kappa shape index (κ1) is 15.7. The first-order chi connectivity index (χ1) is 8.84. The van der Waals surface area contributed by atoms with Crippen LogP contribution in [-0.4, -0.2) is 28.0 Å². The molecule has 1 rings (SSSR count). The molecule has 1 N–H and O–H groups in total. The van der Waals surface area contributed by atoms with E-state index in [0.717, 1.165) is 0 Å². The molecule has 104 valence electrons. The lowest BCUT2D eigenvalue weighted by atomic mass is 10.1. The van der Waals surface area contributed by atoms with Gasteiger partial charge in [0.25, 0.3) is 0 Å². The summed E-state index contributed by atoms with van der Waals surface area (Å²) in [6.45, 7) is 3.36. The third-order valence-electron chi connectivity index (χ3n) is 2.19. The average Bonchev–Trinajstić information content (AvgIpc) is 2.35. The first-order valence-electron chi connectivity index (χ1n) is 5.32. The quantitative estimate of drug-likeness (QED) is 0.811. The molecular formula is C12H14ClNO4S. The van der Waals surface area contributed by atoms with Gasteiger partial charge in [0, 0.05) is 11.6 Å². The predicted octanol–water partition coefficient (Wildman–Crippen LogP) is 1.65. The molecule has 7 heteroatoms. The van der Waals surface area contributed by atoms with E-state index in [1.54, 1.807) is 18.2 Å². The van der Waals surface area contributed by atoms with Gasteiger partial charge in [0.15, 0.2) is 0 Å². The van der Waals surface area contributed by atoms with Crippen LogP contribution in [0.25, 0.3) is 0 Å². The van der Waals surface area contributed by atoms with Crippen LogP contribution in [0.2, 0.25) is 0 Å². The largest absolute Gasteiger partial charge is 0.465 e.